The highest BCUT2D eigenvalue weighted by Crippen LogP contribution is 2.21. The van der Waals surface area contributed by atoms with Crippen LogP contribution in [0.2, 0.25) is 5.02 Å². The van der Waals surface area contributed by atoms with Gasteiger partial charge in [0, 0.05) is 41.8 Å². The maximum atomic E-state index is 6.03. The average molecular weight is 341 g/mol. The third-order valence-corrected chi connectivity index (χ3v) is 4.20. The highest BCUT2D eigenvalue weighted by molar-refractivity contribution is 6.30. The first kappa shape index (κ1) is 15.0. The van der Waals surface area contributed by atoms with Gasteiger partial charge >= 0.3 is 0 Å². The molecule has 0 aliphatic carbocycles. The molecule has 0 unspecified atom stereocenters. The van der Waals surface area contributed by atoms with E-state index >= 15 is 0 Å². The van der Waals surface area contributed by atoms with Gasteiger partial charge in [-0.25, -0.2) is 9.50 Å². The van der Waals surface area contributed by atoms with E-state index in [1.54, 1.807) is 4.52 Å². The lowest BCUT2D eigenvalue weighted by Crippen LogP contribution is -2.14. The fourth-order valence-corrected chi connectivity index (χ4v) is 2.89. The van der Waals surface area contributed by atoms with Gasteiger partial charge in [-0.2, -0.15) is 5.10 Å². The largest absolute Gasteiger partial charge is 0.364 e. The van der Waals surface area contributed by atoms with Crippen LogP contribution in [0.15, 0.2) is 48.4 Å². The predicted molar refractivity (Wildman–Crippen MR) is 96.3 cm³/mol. The first-order valence-electron chi connectivity index (χ1n) is 7.68. The summed E-state index contributed by atoms with van der Waals surface area (Å²) in [7, 11) is 2.07. The Balaban J connectivity index is 1.68. The van der Waals surface area contributed by atoms with E-state index in [4.69, 9.17) is 11.6 Å². The van der Waals surface area contributed by atoms with Gasteiger partial charge in [-0.05, 0) is 30.3 Å². The molecular weight excluding hydrogens is 324 g/mol. The zero-order valence-corrected chi connectivity index (χ0v) is 14.0. The molecule has 1 aromatic carbocycles. The molecule has 7 heteroatoms. The van der Waals surface area contributed by atoms with Crippen LogP contribution in [0.4, 0.5) is 11.5 Å². The number of halogens is 1. The Morgan fingerprint density at radius 2 is 2.25 bits per heavy atom. The van der Waals surface area contributed by atoms with Crippen LogP contribution in [-0.4, -0.2) is 39.8 Å². The molecule has 6 nitrogen and oxygen atoms in total. The second-order valence-electron chi connectivity index (χ2n) is 5.73. The summed E-state index contributed by atoms with van der Waals surface area (Å²) in [6, 6.07) is 9.46. The number of rotatable bonds is 3. The molecule has 1 aliphatic heterocycles. The average Bonchev–Trinajstić information content (AvgIpc) is 3.15. The molecule has 122 valence electrons. The molecule has 2 aromatic heterocycles. The molecule has 0 radical (unpaired) electrons. The molecule has 0 spiro atoms. The first-order valence-corrected chi connectivity index (χ1v) is 8.06. The van der Waals surface area contributed by atoms with E-state index in [2.05, 4.69) is 38.7 Å². The minimum Gasteiger partial charge on any atom is -0.364 e. The summed E-state index contributed by atoms with van der Waals surface area (Å²) in [5.41, 5.74) is 3.93. The monoisotopic (exact) mass is 340 g/mol. The van der Waals surface area contributed by atoms with Gasteiger partial charge in [-0.1, -0.05) is 17.7 Å². The standard InChI is InChI=1S/C17H17ClN6/c1-23-11-19-10-15(23)7-12-9-20-24-6-5-16(22-17(12)24)21-14-4-2-3-13(18)8-14/h2-9,19H,10-11H2,1H3,(H,21,22). The van der Waals surface area contributed by atoms with Crippen LogP contribution >= 0.6 is 11.6 Å². The van der Waals surface area contributed by atoms with E-state index in [9.17, 15) is 0 Å². The fourth-order valence-electron chi connectivity index (χ4n) is 2.70. The highest BCUT2D eigenvalue weighted by Gasteiger charge is 2.13. The Morgan fingerprint density at radius 3 is 3.04 bits per heavy atom. The Morgan fingerprint density at radius 1 is 1.33 bits per heavy atom. The Bertz CT molecular complexity index is 916. The molecule has 0 amide bonds. The molecule has 1 aliphatic rings. The fraction of sp³-hybridized carbons (Fsp3) is 0.176. The van der Waals surface area contributed by atoms with Crippen LogP contribution in [0.5, 0.6) is 0 Å². The number of fused-ring (bicyclic) bond motifs is 1. The lowest BCUT2D eigenvalue weighted by molar-refractivity contribution is 0.469. The topological polar surface area (TPSA) is 57.5 Å². The van der Waals surface area contributed by atoms with Crippen molar-refractivity contribution < 1.29 is 0 Å². The second-order valence-corrected chi connectivity index (χ2v) is 6.17. The van der Waals surface area contributed by atoms with Crippen LogP contribution in [0.25, 0.3) is 11.7 Å². The first-order chi connectivity index (χ1) is 11.7. The van der Waals surface area contributed by atoms with Crippen LogP contribution in [0, 0.1) is 0 Å². The molecule has 1 saturated heterocycles. The number of anilines is 2. The molecule has 2 N–H and O–H groups in total. The zero-order valence-electron chi connectivity index (χ0n) is 13.2. The van der Waals surface area contributed by atoms with Gasteiger partial charge in [-0.3, -0.25) is 5.32 Å². The van der Waals surface area contributed by atoms with Gasteiger partial charge in [0.05, 0.1) is 12.9 Å². The number of benzene rings is 1. The minimum atomic E-state index is 0.688. The van der Waals surface area contributed by atoms with E-state index < -0.39 is 0 Å². The molecule has 4 rings (SSSR count). The van der Waals surface area contributed by atoms with Crippen molar-refractivity contribution in [2.24, 2.45) is 0 Å². The summed E-state index contributed by atoms with van der Waals surface area (Å²) >= 11 is 6.03. The van der Waals surface area contributed by atoms with E-state index in [-0.39, 0.29) is 0 Å². The van der Waals surface area contributed by atoms with Gasteiger partial charge in [0.25, 0.3) is 0 Å². The number of nitrogens with one attached hydrogen (secondary N) is 2. The molecule has 1 fully saturated rings. The maximum Gasteiger partial charge on any atom is 0.164 e. The van der Waals surface area contributed by atoms with E-state index in [1.165, 1.54) is 5.70 Å². The summed E-state index contributed by atoms with van der Waals surface area (Å²) in [6.45, 7) is 1.72. The number of likely N-dealkylation sites (N-methyl/N-ethyl adjacent to an activating group) is 1. The minimum absolute atomic E-state index is 0.688. The zero-order chi connectivity index (χ0) is 16.5. The van der Waals surface area contributed by atoms with Crippen molar-refractivity contribution in [1.29, 1.82) is 0 Å². The van der Waals surface area contributed by atoms with Gasteiger partial charge in [0.15, 0.2) is 5.65 Å². The van der Waals surface area contributed by atoms with E-state index in [0.29, 0.717) is 5.02 Å². The quantitative estimate of drug-likeness (QED) is 0.767. The number of hydrogen-bond donors (Lipinski definition) is 2. The number of hydrogen-bond acceptors (Lipinski definition) is 5. The molecule has 3 heterocycles. The summed E-state index contributed by atoms with van der Waals surface area (Å²) in [5.74, 6) is 0.753. The molecular formula is C17H17ClN6. The van der Waals surface area contributed by atoms with Crippen molar-refractivity contribution in [3.8, 4) is 0 Å². The van der Waals surface area contributed by atoms with Gasteiger partial charge in [-0.15, -0.1) is 0 Å². The lowest BCUT2D eigenvalue weighted by Gasteiger charge is -2.10. The molecule has 0 atom stereocenters. The smallest absolute Gasteiger partial charge is 0.164 e. The van der Waals surface area contributed by atoms with Crippen molar-refractivity contribution in [2.45, 2.75) is 0 Å². The van der Waals surface area contributed by atoms with Crippen molar-refractivity contribution in [1.82, 2.24) is 24.8 Å². The van der Waals surface area contributed by atoms with Crippen LogP contribution in [-0.2, 0) is 0 Å². The van der Waals surface area contributed by atoms with Crippen molar-refractivity contribution in [3.63, 3.8) is 0 Å². The number of aromatic nitrogens is 3. The van der Waals surface area contributed by atoms with Crippen LogP contribution < -0.4 is 10.6 Å². The summed E-state index contributed by atoms with van der Waals surface area (Å²) < 4.78 is 1.78. The van der Waals surface area contributed by atoms with E-state index in [1.807, 2.05) is 42.7 Å². The predicted octanol–water partition coefficient (Wildman–Crippen LogP) is 2.96. The van der Waals surface area contributed by atoms with Gasteiger partial charge in [0.2, 0.25) is 0 Å². The Labute approximate surface area is 144 Å². The summed E-state index contributed by atoms with van der Waals surface area (Å²) in [5, 5.41) is 11.7. The number of nitrogens with zero attached hydrogens (tertiary/aromatic N) is 4. The van der Waals surface area contributed by atoms with Crippen molar-refractivity contribution in [2.75, 3.05) is 25.6 Å². The van der Waals surface area contributed by atoms with Crippen LogP contribution in [0.3, 0.4) is 0 Å². The molecule has 0 saturated carbocycles. The Hall–Kier alpha value is -2.57. The van der Waals surface area contributed by atoms with Gasteiger partial charge < -0.3 is 10.2 Å². The SMILES string of the molecule is CN1CNCC1=Cc1cnn2ccc(Nc3cccc(Cl)c3)nc12. The lowest BCUT2D eigenvalue weighted by atomic mass is 10.2. The van der Waals surface area contributed by atoms with Gasteiger partial charge in [0.1, 0.15) is 5.82 Å². The summed E-state index contributed by atoms with van der Waals surface area (Å²) in [4.78, 5) is 6.87. The molecule has 0 bridgehead atoms. The third kappa shape index (κ3) is 2.93. The Kier molecular flexibility index (Phi) is 3.84. The van der Waals surface area contributed by atoms with Crippen LogP contribution in [0.1, 0.15) is 5.56 Å². The van der Waals surface area contributed by atoms with Crippen molar-refractivity contribution >= 4 is 34.8 Å². The summed E-state index contributed by atoms with van der Waals surface area (Å²) in [6.07, 6.45) is 5.86. The molecule has 24 heavy (non-hydrogen) atoms. The third-order valence-electron chi connectivity index (χ3n) is 3.96. The van der Waals surface area contributed by atoms with E-state index in [0.717, 1.165) is 35.9 Å². The van der Waals surface area contributed by atoms with Crippen molar-refractivity contribution in [3.05, 3.63) is 59.0 Å². The highest BCUT2D eigenvalue weighted by atomic mass is 35.5. The molecule has 3 aromatic rings. The maximum absolute atomic E-state index is 6.03. The normalized spacial score (nSPS) is 16.2. The second kappa shape index (κ2) is 6.14.